The second-order valence-corrected chi connectivity index (χ2v) is 5.02. The molecule has 2 N–H and O–H groups in total. The van der Waals surface area contributed by atoms with E-state index in [1.54, 1.807) is 24.3 Å². The van der Waals surface area contributed by atoms with E-state index in [2.05, 4.69) is 20.5 Å². The van der Waals surface area contributed by atoms with Crippen LogP contribution in [-0.4, -0.2) is 22.0 Å². The van der Waals surface area contributed by atoms with Crippen LogP contribution in [-0.2, 0) is 4.79 Å². The lowest BCUT2D eigenvalue weighted by Gasteiger charge is -2.04. The molecule has 0 unspecified atom stereocenters. The summed E-state index contributed by atoms with van der Waals surface area (Å²) in [5.41, 5.74) is 5.26. The lowest BCUT2D eigenvalue weighted by atomic mass is 10.2. The van der Waals surface area contributed by atoms with Crippen LogP contribution in [0, 0.1) is 6.92 Å². The molecule has 0 fully saturated rings. The molecular formula is C17H14N4O2. The molecule has 0 saturated carbocycles. The number of aromatic nitrogens is 2. The summed E-state index contributed by atoms with van der Waals surface area (Å²) in [6, 6.07) is 14.6. The van der Waals surface area contributed by atoms with Crippen molar-refractivity contribution in [2.45, 2.75) is 6.92 Å². The largest absolute Gasteiger partial charge is 0.319 e. The van der Waals surface area contributed by atoms with E-state index >= 15 is 0 Å². The van der Waals surface area contributed by atoms with Gasteiger partial charge < -0.3 is 4.98 Å². The second kappa shape index (κ2) is 6.23. The summed E-state index contributed by atoms with van der Waals surface area (Å²) in [7, 11) is 0. The Morgan fingerprint density at radius 3 is 2.65 bits per heavy atom. The van der Waals surface area contributed by atoms with Gasteiger partial charge in [0.2, 0.25) is 0 Å². The number of para-hydroxylation sites is 2. The van der Waals surface area contributed by atoms with E-state index in [1.807, 2.05) is 31.2 Å². The van der Waals surface area contributed by atoms with Crippen LogP contribution in [0.4, 0.5) is 5.69 Å². The molecule has 0 amide bonds. The Morgan fingerprint density at radius 1 is 1.17 bits per heavy atom. The standard InChI is InChI=1S/C17H14N4O2/c1-11-6-8-12(9-7-11)20-21-15(10-22)16-17(23)19-14-5-3-2-4-13(14)18-16/h2-10,20H,1H3,(H,19,23). The summed E-state index contributed by atoms with van der Waals surface area (Å²) in [5.74, 6) is 0. The van der Waals surface area contributed by atoms with Gasteiger partial charge in [0.1, 0.15) is 0 Å². The number of fused-ring (bicyclic) bond motifs is 1. The molecule has 0 saturated heterocycles. The third kappa shape index (κ3) is 3.16. The number of hydrazone groups is 1. The Balaban J connectivity index is 1.98. The van der Waals surface area contributed by atoms with Crippen LogP contribution in [0.2, 0.25) is 0 Å². The molecule has 1 aromatic heterocycles. The first-order chi connectivity index (χ1) is 11.2. The number of rotatable bonds is 4. The molecule has 1 heterocycles. The van der Waals surface area contributed by atoms with Crippen molar-refractivity contribution >= 4 is 28.7 Å². The molecule has 3 rings (SSSR count). The SMILES string of the molecule is Cc1ccc(NN=C(C=O)c2nc3ccccc3[nH]c2=O)cc1. The highest BCUT2D eigenvalue weighted by Crippen LogP contribution is 2.09. The van der Waals surface area contributed by atoms with Crippen molar-refractivity contribution in [3.8, 4) is 0 Å². The smallest absolute Gasteiger partial charge is 0.276 e. The number of nitrogens with one attached hydrogen (secondary N) is 2. The number of hydrogen-bond donors (Lipinski definition) is 2. The molecule has 0 atom stereocenters. The fourth-order valence-corrected chi connectivity index (χ4v) is 2.09. The molecule has 6 nitrogen and oxygen atoms in total. The molecule has 114 valence electrons. The van der Waals surface area contributed by atoms with Crippen LogP contribution in [0.25, 0.3) is 11.0 Å². The number of aryl methyl sites for hydroxylation is 1. The van der Waals surface area contributed by atoms with Crippen molar-refractivity contribution in [2.75, 3.05) is 5.43 Å². The number of H-pyrrole nitrogens is 1. The summed E-state index contributed by atoms with van der Waals surface area (Å²) in [6.45, 7) is 1.97. The molecule has 0 aliphatic rings. The van der Waals surface area contributed by atoms with E-state index in [4.69, 9.17) is 0 Å². The number of nitrogens with zero attached hydrogens (tertiary/aromatic N) is 2. The molecule has 23 heavy (non-hydrogen) atoms. The molecular weight excluding hydrogens is 292 g/mol. The van der Waals surface area contributed by atoms with Gasteiger partial charge >= 0.3 is 0 Å². The van der Waals surface area contributed by atoms with Crippen LogP contribution in [0.15, 0.2) is 58.4 Å². The van der Waals surface area contributed by atoms with Gasteiger partial charge in [-0.15, -0.1) is 0 Å². The predicted octanol–water partition coefficient (Wildman–Crippen LogP) is 2.25. The molecule has 2 aromatic carbocycles. The van der Waals surface area contributed by atoms with Gasteiger partial charge in [-0.25, -0.2) is 4.98 Å². The predicted molar refractivity (Wildman–Crippen MR) is 89.8 cm³/mol. The summed E-state index contributed by atoms with van der Waals surface area (Å²) < 4.78 is 0. The van der Waals surface area contributed by atoms with E-state index < -0.39 is 5.56 Å². The fourth-order valence-electron chi connectivity index (χ4n) is 2.09. The van der Waals surface area contributed by atoms with E-state index in [0.717, 1.165) is 5.56 Å². The minimum atomic E-state index is -0.458. The first kappa shape index (κ1) is 14.6. The van der Waals surface area contributed by atoms with Crippen molar-refractivity contribution in [2.24, 2.45) is 5.10 Å². The normalized spacial score (nSPS) is 11.4. The van der Waals surface area contributed by atoms with Gasteiger partial charge in [0.25, 0.3) is 5.56 Å². The highest BCUT2D eigenvalue weighted by Gasteiger charge is 2.11. The lowest BCUT2D eigenvalue weighted by molar-refractivity contribution is -0.102. The van der Waals surface area contributed by atoms with E-state index in [0.29, 0.717) is 23.0 Å². The molecule has 0 bridgehead atoms. The lowest BCUT2D eigenvalue weighted by Crippen LogP contribution is -2.22. The van der Waals surface area contributed by atoms with E-state index in [-0.39, 0.29) is 11.4 Å². The minimum Gasteiger partial charge on any atom is -0.319 e. The van der Waals surface area contributed by atoms with Crippen LogP contribution in [0.5, 0.6) is 0 Å². The van der Waals surface area contributed by atoms with E-state index in [1.165, 1.54) is 0 Å². The third-order valence-corrected chi connectivity index (χ3v) is 3.31. The highest BCUT2D eigenvalue weighted by molar-refractivity contribution is 6.35. The number of carbonyl (C=O) groups excluding carboxylic acids is 1. The summed E-state index contributed by atoms with van der Waals surface area (Å²) in [4.78, 5) is 30.3. The van der Waals surface area contributed by atoms with Crippen LogP contribution >= 0.6 is 0 Å². The Hall–Kier alpha value is -3.28. The van der Waals surface area contributed by atoms with Gasteiger partial charge in [-0.2, -0.15) is 5.10 Å². The summed E-state index contributed by atoms with van der Waals surface area (Å²) >= 11 is 0. The first-order valence-electron chi connectivity index (χ1n) is 7.02. The van der Waals surface area contributed by atoms with Crippen molar-refractivity contribution < 1.29 is 4.79 Å². The molecule has 0 aliphatic carbocycles. The zero-order valence-corrected chi connectivity index (χ0v) is 12.4. The molecule has 0 spiro atoms. The third-order valence-electron chi connectivity index (χ3n) is 3.31. The van der Waals surface area contributed by atoms with E-state index in [9.17, 15) is 9.59 Å². The number of aldehydes is 1. The van der Waals surface area contributed by atoms with Crippen LogP contribution in [0.3, 0.4) is 0 Å². The summed E-state index contributed by atoms with van der Waals surface area (Å²) in [6.07, 6.45) is 0.507. The van der Waals surface area contributed by atoms with Crippen LogP contribution < -0.4 is 11.0 Å². The fraction of sp³-hybridized carbons (Fsp3) is 0.0588. The minimum absolute atomic E-state index is 0.0155. The van der Waals surface area contributed by atoms with Gasteiger partial charge in [-0.1, -0.05) is 29.8 Å². The highest BCUT2D eigenvalue weighted by atomic mass is 16.1. The Morgan fingerprint density at radius 2 is 1.91 bits per heavy atom. The van der Waals surface area contributed by atoms with Gasteiger partial charge in [0.05, 0.1) is 16.7 Å². The van der Waals surface area contributed by atoms with Crippen molar-refractivity contribution in [3.05, 3.63) is 70.1 Å². The van der Waals surface area contributed by atoms with Crippen molar-refractivity contribution in [1.82, 2.24) is 9.97 Å². The molecule has 0 aliphatic heterocycles. The maximum Gasteiger partial charge on any atom is 0.276 e. The zero-order chi connectivity index (χ0) is 16.2. The number of anilines is 1. The average Bonchev–Trinajstić information content (AvgIpc) is 2.57. The van der Waals surface area contributed by atoms with Gasteiger partial charge in [-0.05, 0) is 31.2 Å². The Bertz CT molecular complexity index is 943. The first-order valence-corrected chi connectivity index (χ1v) is 7.02. The van der Waals surface area contributed by atoms with Gasteiger partial charge in [-0.3, -0.25) is 15.0 Å². The molecule has 3 aromatic rings. The number of benzene rings is 2. The molecule has 0 radical (unpaired) electrons. The van der Waals surface area contributed by atoms with Crippen molar-refractivity contribution in [3.63, 3.8) is 0 Å². The van der Waals surface area contributed by atoms with Crippen LogP contribution in [0.1, 0.15) is 11.3 Å². The topological polar surface area (TPSA) is 87.2 Å². The Kier molecular flexibility index (Phi) is 3.97. The number of aromatic amines is 1. The average molecular weight is 306 g/mol. The monoisotopic (exact) mass is 306 g/mol. The van der Waals surface area contributed by atoms with Crippen molar-refractivity contribution in [1.29, 1.82) is 0 Å². The zero-order valence-electron chi connectivity index (χ0n) is 12.4. The quantitative estimate of drug-likeness (QED) is 0.439. The maximum atomic E-state index is 12.1. The summed E-state index contributed by atoms with van der Waals surface area (Å²) in [5, 5.41) is 4.00. The number of hydrogen-bond acceptors (Lipinski definition) is 5. The Labute approximate surface area is 131 Å². The van der Waals surface area contributed by atoms with Gasteiger partial charge in [0, 0.05) is 0 Å². The second-order valence-electron chi connectivity index (χ2n) is 5.02. The maximum absolute atomic E-state index is 12.1. The molecule has 6 heteroatoms. The van der Waals surface area contributed by atoms with Gasteiger partial charge in [0.15, 0.2) is 17.7 Å². The number of carbonyl (C=O) groups is 1.